The largest absolute Gasteiger partial charge is 0.382 e. The molecule has 0 saturated heterocycles. The first kappa shape index (κ1) is 20.4. The van der Waals surface area contributed by atoms with E-state index in [2.05, 4.69) is 26.1 Å². The van der Waals surface area contributed by atoms with Crippen LogP contribution in [0.2, 0.25) is 0 Å². The second-order valence-electron chi connectivity index (χ2n) is 6.19. The Kier molecular flexibility index (Phi) is 5.59. The van der Waals surface area contributed by atoms with E-state index in [0.29, 0.717) is 28.2 Å². The van der Waals surface area contributed by atoms with Crippen LogP contribution in [0.1, 0.15) is 15.9 Å². The standard InChI is InChI=1S/C13H9BrFN3O2.C5H7N3O/c1-17-12(19)3-2-11(16-17)18-6-7-4-9(14)10(15)5-8(7)13(18)20;1-8-5(9)3-2-4(6)7-8/h2-5H,6H2,1H3;2-3H,1H3,(H2,6,7). The third-order valence-electron chi connectivity index (χ3n) is 4.15. The zero-order valence-electron chi connectivity index (χ0n) is 15.5. The van der Waals surface area contributed by atoms with E-state index in [9.17, 15) is 18.8 Å². The maximum absolute atomic E-state index is 13.5. The van der Waals surface area contributed by atoms with E-state index in [1.807, 2.05) is 0 Å². The minimum atomic E-state index is -0.479. The van der Waals surface area contributed by atoms with Crippen molar-refractivity contribution >= 4 is 33.5 Å². The van der Waals surface area contributed by atoms with E-state index in [1.54, 1.807) is 13.1 Å². The molecular formula is C18H16BrFN6O3. The van der Waals surface area contributed by atoms with Gasteiger partial charge in [-0.1, -0.05) is 0 Å². The highest BCUT2D eigenvalue weighted by molar-refractivity contribution is 9.10. The normalized spacial score (nSPS) is 12.4. The molecule has 0 aliphatic carbocycles. The summed E-state index contributed by atoms with van der Waals surface area (Å²) >= 11 is 3.10. The number of carbonyl (C=O) groups is 1. The maximum atomic E-state index is 13.5. The lowest BCUT2D eigenvalue weighted by atomic mass is 10.1. The van der Waals surface area contributed by atoms with E-state index < -0.39 is 5.82 Å². The summed E-state index contributed by atoms with van der Waals surface area (Å²) in [7, 11) is 3.06. The summed E-state index contributed by atoms with van der Waals surface area (Å²) in [6.07, 6.45) is 0. The van der Waals surface area contributed by atoms with E-state index in [1.165, 1.54) is 47.0 Å². The van der Waals surface area contributed by atoms with Crippen LogP contribution in [0.25, 0.3) is 0 Å². The smallest absolute Gasteiger partial charge is 0.266 e. The number of halogens is 2. The van der Waals surface area contributed by atoms with Gasteiger partial charge in [-0.05, 0) is 45.8 Å². The van der Waals surface area contributed by atoms with Crippen LogP contribution in [0.15, 0.2) is 50.5 Å². The lowest BCUT2D eigenvalue weighted by Gasteiger charge is -2.14. The Morgan fingerprint density at radius 3 is 2.21 bits per heavy atom. The Labute approximate surface area is 172 Å². The molecule has 1 amide bonds. The second-order valence-corrected chi connectivity index (χ2v) is 7.04. The molecule has 9 nitrogen and oxygen atoms in total. The molecule has 1 aliphatic rings. The van der Waals surface area contributed by atoms with Crippen LogP contribution < -0.4 is 21.8 Å². The predicted octanol–water partition coefficient (Wildman–Crippen LogP) is 1.20. The average molecular weight is 463 g/mol. The molecule has 0 spiro atoms. The van der Waals surface area contributed by atoms with Crippen LogP contribution in [0.4, 0.5) is 16.0 Å². The molecule has 1 aromatic carbocycles. The quantitative estimate of drug-likeness (QED) is 0.580. The van der Waals surface area contributed by atoms with Gasteiger partial charge >= 0.3 is 0 Å². The van der Waals surface area contributed by atoms with Crippen molar-refractivity contribution in [1.82, 2.24) is 19.6 Å². The molecule has 0 saturated carbocycles. The van der Waals surface area contributed by atoms with Crippen LogP contribution in [0, 0.1) is 5.82 Å². The number of hydrogen-bond acceptors (Lipinski definition) is 6. The van der Waals surface area contributed by atoms with Gasteiger partial charge in [0, 0.05) is 31.8 Å². The van der Waals surface area contributed by atoms with Crippen molar-refractivity contribution in [2.75, 3.05) is 10.6 Å². The lowest BCUT2D eigenvalue weighted by molar-refractivity contribution is 0.0995. The minimum absolute atomic E-state index is 0.149. The third-order valence-corrected chi connectivity index (χ3v) is 4.76. The van der Waals surface area contributed by atoms with Gasteiger partial charge in [0.05, 0.1) is 11.0 Å². The first-order chi connectivity index (χ1) is 13.7. The summed E-state index contributed by atoms with van der Waals surface area (Å²) in [4.78, 5) is 35.6. The molecule has 0 fully saturated rings. The summed E-state index contributed by atoms with van der Waals surface area (Å²) in [6, 6.07) is 8.48. The van der Waals surface area contributed by atoms with Crippen LogP contribution >= 0.6 is 15.9 Å². The first-order valence-corrected chi connectivity index (χ1v) is 9.10. The van der Waals surface area contributed by atoms with Gasteiger partial charge in [0.25, 0.3) is 17.0 Å². The van der Waals surface area contributed by atoms with Crippen molar-refractivity contribution in [2.24, 2.45) is 14.1 Å². The highest BCUT2D eigenvalue weighted by atomic mass is 79.9. The number of nitrogens with two attached hydrogens (primary N) is 1. The van der Waals surface area contributed by atoms with Crippen molar-refractivity contribution in [3.8, 4) is 0 Å². The highest BCUT2D eigenvalue weighted by Gasteiger charge is 2.30. The van der Waals surface area contributed by atoms with Crippen molar-refractivity contribution in [2.45, 2.75) is 6.54 Å². The van der Waals surface area contributed by atoms with Gasteiger partial charge in [-0.3, -0.25) is 19.3 Å². The van der Waals surface area contributed by atoms with Gasteiger partial charge in [0.1, 0.15) is 11.6 Å². The Bertz CT molecular complexity index is 1220. The molecule has 2 N–H and O–H groups in total. The molecule has 0 bridgehead atoms. The molecule has 0 unspecified atom stereocenters. The topological polar surface area (TPSA) is 116 Å². The Morgan fingerprint density at radius 2 is 1.62 bits per heavy atom. The number of carbonyl (C=O) groups excluding carboxylic acids is 1. The third kappa shape index (κ3) is 4.24. The molecule has 0 atom stereocenters. The fourth-order valence-corrected chi connectivity index (χ4v) is 3.04. The summed E-state index contributed by atoms with van der Waals surface area (Å²) in [5.41, 5.74) is 5.89. The first-order valence-electron chi connectivity index (χ1n) is 8.31. The van der Waals surface area contributed by atoms with E-state index in [0.717, 1.165) is 10.2 Å². The maximum Gasteiger partial charge on any atom is 0.266 e. The van der Waals surface area contributed by atoms with E-state index in [-0.39, 0.29) is 17.0 Å². The molecule has 4 rings (SSSR count). The predicted molar refractivity (Wildman–Crippen MR) is 108 cm³/mol. The SMILES string of the molecule is Cn1nc(N)ccc1=O.Cn1nc(N2Cc3cc(Br)c(F)cc3C2=O)ccc1=O. The zero-order valence-corrected chi connectivity index (χ0v) is 17.1. The number of aryl methyl sites for hydroxylation is 2. The molecule has 2 aromatic heterocycles. The van der Waals surface area contributed by atoms with Gasteiger partial charge in [-0.15, -0.1) is 0 Å². The summed E-state index contributed by atoms with van der Waals surface area (Å²) in [5, 5.41) is 7.69. The number of benzene rings is 1. The number of fused-ring (bicyclic) bond motifs is 1. The van der Waals surface area contributed by atoms with Crippen molar-refractivity contribution in [3.63, 3.8) is 0 Å². The molecule has 1 aliphatic heterocycles. The number of rotatable bonds is 1. The van der Waals surface area contributed by atoms with Crippen molar-refractivity contribution < 1.29 is 9.18 Å². The monoisotopic (exact) mass is 462 g/mol. The molecule has 150 valence electrons. The van der Waals surface area contributed by atoms with Crippen LogP contribution in [-0.2, 0) is 20.6 Å². The summed E-state index contributed by atoms with van der Waals surface area (Å²) < 4.78 is 16.2. The number of hydrogen-bond donors (Lipinski definition) is 1. The Hall–Kier alpha value is -3.34. The van der Waals surface area contributed by atoms with Crippen LogP contribution in [0.5, 0.6) is 0 Å². The summed E-state index contributed by atoms with van der Waals surface area (Å²) in [5.74, 6) is -0.0770. The fourth-order valence-electron chi connectivity index (χ4n) is 2.64. The second kappa shape index (κ2) is 7.95. The van der Waals surface area contributed by atoms with Gasteiger partial charge < -0.3 is 5.73 Å². The fraction of sp³-hybridized carbons (Fsp3) is 0.167. The molecule has 0 radical (unpaired) electrons. The Morgan fingerprint density at radius 1 is 1.00 bits per heavy atom. The van der Waals surface area contributed by atoms with Gasteiger partial charge in [0.15, 0.2) is 5.82 Å². The van der Waals surface area contributed by atoms with Gasteiger partial charge in [-0.2, -0.15) is 10.2 Å². The zero-order chi connectivity index (χ0) is 21.3. The molecule has 3 aromatic rings. The molecule has 11 heteroatoms. The molecule has 3 heterocycles. The summed E-state index contributed by atoms with van der Waals surface area (Å²) in [6.45, 7) is 0.304. The molecular weight excluding hydrogens is 447 g/mol. The van der Waals surface area contributed by atoms with Crippen molar-refractivity contribution in [1.29, 1.82) is 0 Å². The lowest BCUT2D eigenvalue weighted by Crippen LogP contribution is -2.28. The van der Waals surface area contributed by atoms with Crippen molar-refractivity contribution in [3.05, 3.63) is 78.5 Å². The average Bonchev–Trinajstić information content (AvgIpc) is 2.98. The Balaban J connectivity index is 0.000000224. The van der Waals surface area contributed by atoms with Gasteiger partial charge in [-0.25, -0.2) is 13.8 Å². The molecule has 29 heavy (non-hydrogen) atoms. The minimum Gasteiger partial charge on any atom is -0.382 e. The number of aromatic nitrogens is 4. The number of nitrogen functional groups attached to an aromatic ring is 1. The van der Waals surface area contributed by atoms with Gasteiger partial charge in [0.2, 0.25) is 0 Å². The van der Waals surface area contributed by atoms with Crippen LogP contribution in [-0.4, -0.2) is 25.5 Å². The van der Waals surface area contributed by atoms with Crippen LogP contribution in [0.3, 0.4) is 0 Å². The number of amides is 1. The van der Waals surface area contributed by atoms with E-state index in [4.69, 9.17) is 5.73 Å². The highest BCUT2D eigenvalue weighted by Crippen LogP contribution is 2.30. The van der Waals surface area contributed by atoms with E-state index >= 15 is 0 Å². The number of anilines is 2. The number of nitrogens with zero attached hydrogens (tertiary/aromatic N) is 5.